The third kappa shape index (κ3) is 5.01. The third-order valence-electron chi connectivity index (χ3n) is 2.87. The van der Waals surface area contributed by atoms with Crippen molar-refractivity contribution in [3.05, 3.63) is 46.4 Å². The Morgan fingerprint density at radius 2 is 2.23 bits per heavy atom. The van der Waals surface area contributed by atoms with E-state index in [0.29, 0.717) is 6.61 Å². The van der Waals surface area contributed by atoms with E-state index in [9.17, 15) is 4.79 Å². The normalized spacial score (nSPS) is 10.8. The number of aromatic nitrogens is 3. The zero-order valence-corrected chi connectivity index (χ0v) is 12.5. The van der Waals surface area contributed by atoms with Gasteiger partial charge in [0.1, 0.15) is 11.9 Å². The minimum atomic E-state index is -0.340. The lowest BCUT2D eigenvalue weighted by molar-refractivity contribution is 0.306. The van der Waals surface area contributed by atoms with Crippen LogP contribution in [0.1, 0.15) is 31.7 Å². The van der Waals surface area contributed by atoms with Crippen LogP contribution >= 0.6 is 0 Å². The maximum atomic E-state index is 11.1. The predicted molar refractivity (Wildman–Crippen MR) is 85.3 cm³/mol. The van der Waals surface area contributed by atoms with E-state index >= 15 is 0 Å². The second kappa shape index (κ2) is 8.56. The molecule has 2 N–H and O–H groups in total. The zero-order valence-electron chi connectivity index (χ0n) is 12.5. The SMILES string of the molecule is CCCCCOc1ccccc1/C=N/Nc1nncc(=O)[nH]1. The first kappa shape index (κ1) is 15.7. The van der Waals surface area contributed by atoms with Gasteiger partial charge in [-0.3, -0.25) is 9.78 Å². The quantitative estimate of drug-likeness (QED) is 0.443. The van der Waals surface area contributed by atoms with Crippen molar-refractivity contribution in [2.45, 2.75) is 26.2 Å². The maximum Gasteiger partial charge on any atom is 0.271 e. The monoisotopic (exact) mass is 301 g/mol. The molecular weight excluding hydrogens is 282 g/mol. The summed E-state index contributed by atoms with van der Waals surface area (Å²) < 4.78 is 5.76. The van der Waals surface area contributed by atoms with Crippen molar-refractivity contribution in [1.29, 1.82) is 0 Å². The molecule has 0 fully saturated rings. The summed E-state index contributed by atoms with van der Waals surface area (Å²) >= 11 is 0. The van der Waals surface area contributed by atoms with Crippen molar-refractivity contribution in [3.8, 4) is 5.75 Å². The first-order chi connectivity index (χ1) is 10.8. The van der Waals surface area contributed by atoms with E-state index in [2.05, 4.69) is 32.6 Å². The van der Waals surface area contributed by atoms with Gasteiger partial charge in [-0.1, -0.05) is 31.9 Å². The fraction of sp³-hybridized carbons (Fsp3) is 0.333. The molecule has 2 aromatic rings. The van der Waals surface area contributed by atoms with Gasteiger partial charge in [-0.05, 0) is 18.6 Å². The average Bonchev–Trinajstić information content (AvgIpc) is 2.53. The molecule has 0 spiro atoms. The van der Waals surface area contributed by atoms with Crippen molar-refractivity contribution in [1.82, 2.24) is 15.2 Å². The molecule has 7 heteroatoms. The molecule has 1 aromatic heterocycles. The number of unbranched alkanes of at least 4 members (excludes halogenated alkanes) is 2. The molecule has 0 aliphatic carbocycles. The molecule has 1 aromatic carbocycles. The van der Waals surface area contributed by atoms with Crippen molar-refractivity contribution < 1.29 is 4.74 Å². The lowest BCUT2D eigenvalue weighted by Gasteiger charge is -2.08. The molecule has 0 unspecified atom stereocenters. The first-order valence-corrected chi connectivity index (χ1v) is 7.22. The highest BCUT2D eigenvalue weighted by atomic mass is 16.5. The fourth-order valence-corrected chi connectivity index (χ4v) is 1.78. The molecule has 0 atom stereocenters. The summed E-state index contributed by atoms with van der Waals surface area (Å²) in [5.41, 5.74) is 3.13. The summed E-state index contributed by atoms with van der Waals surface area (Å²) in [5.74, 6) is 0.960. The molecule has 0 radical (unpaired) electrons. The second-order valence-corrected chi connectivity index (χ2v) is 4.65. The summed E-state index contributed by atoms with van der Waals surface area (Å²) in [5, 5.41) is 11.3. The summed E-state index contributed by atoms with van der Waals surface area (Å²) in [4.78, 5) is 13.6. The van der Waals surface area contributed by atoms with Crippen LogP contribution in [-0.4, -0.2) is 28.0 Å². The first-order valence-electron chi connectivity index (χ1n) is 7.22. The predicted octanol–water partition coefficient (Wildman–Crippen LogP) is 2.18. The van der Waals surface area contributed by atoms with Crippen LogP contribution in [0.4, 0.5) is 5.95 Å². The number of nitrogens with one attached hydrogen (secondary N) is 2. The van der Waals surface area contributed by atoms with Gasteiger partial charge in [0, 0.05) is 5.56 Å². The lowest BCUT2D eigenvalue weighted by Crippen LogP contribution is -2.10. The Balaban J connectivity index is 1.96. The Labute approximate surface area is 128 Å². The number of anilines is 1. The molecule has 0 saturated carbocycles. The van der Waals surface area contributed by atoms with Gasteiger partial charge in [0.15, 0.2) is 0 Å². The summed E-state index contributed by atoms with van der Waals surface area (Å²) in [6, 6.07) is 7.63. The van der Waals surface area contributed by atoms with Gasteiger partial charge in [-0.15, -0.1) is 10.2 Å². The van der Waals surface area contributed by atoms with Gasteiger partial charge < -0.3 is 4.74 Å². The van der Waals surface area contributed by atoms with E-state index < -0.39 is 0 Å². The van der Waals surface area contributed by atoms with Crippen LogP contribution < -0.4 is 15.7 Å². The average molecular weight is 301 g/mol. The fourth-order valence-electron chi connectivity index (χ4n) is 1.78. The number of hydrogen-bond donors (Lipinski definition) is 2. The van der Waals surface area contributed by atoms with Crippen LogP contribution in [0.25, 0.3) is 0 Å². The van der Waals surface area contributed by atoms with Gasteiger partial charge in [-0.2, -0.15) is 5.10 Å². The minimum absolute atomic E-state index is 0.185. The van der Waals surface area contributed by atoms with Crippen LogP contribution in [0, 0.1) is 0 Å². The van der Waals surface area contributed by atoms with Gasteiger partial charge >= 0.3 is 0 Å². The van der Waals surface area contributed by atoms with E-state index in [-0.39, 0.29) is 11.5 Å². The van der Waals surface area contributed by atoms with E-state index in [4.69, 9.17) is 4.74 Å². The van der Waals surface area contributed by atoms with Crippen molar-refractivity contribution in [2.24, 2.45) is 5.10 Å². The number of para-hydroxylation sites is 1. The van der Waals surface area contributed by atoms with Gasteiger partial charge in [-0.25, -0.2) is 5.43 Å². The molecule has 0 bridgehead atoms. The molecule has 0 aliphatic rings. The number of hydrazone groups is 1. The van der Waals surface area contributed by atoms with Crippen LogP contribution in [-0.2, 0) is 0 Å². The number of hydrogen-bond acceptors (Lipinski definition) is 6. The number of rotatable bonds is 8. The topological polar surface area (TPSA) is 92.3 Å². The third-order valence-corrected chi connectivity index (χ3v) is 2.87. The van der Waals surface area contributed by atoms with Gasteiger partial charge in [0.2, 0.25) is 5.95 Å². The standard InChI is InChI=1S/C15H19N5O2/c1-2-3-6-9-22-13-8-5-4-7-12(13)10-16-19-15-18-14(21)11-17-20-15/h4-5,7-8,10-11H,2-3,6,9H2,1H3,(H2,18,19,20,21)/b16-10+. The van der Waals surface area contributed by atoms with Crippen molar-refractivity contribution in [2.75, 3.05) is 12.0 Å². The lowest BCUT2D eigenvalue weighted by atomic mass is 10.2. The Morgan fingerprint density at radius 1 is 1.36 bits per heavy atom. The van der Waals surface area contributed by atoms with Gasteiger partial charge in [0.25, 0.3) is 5.56 Å². The molecule has 7 nitrogen and oxygen atoms in total. The molecule has 22 heavy (non-hydrogen) atoms. The highest BCUT2D eigenvalue weighted by Gasteiger charge is 2.00. The van der Waals surface area contributed by atoms with E-state index in [1.165, 1.54) is 0 Å². The largest absolute Gasteiger partial charge is 0.493 e. The Morgan fingerprint density at radius 3 is 3.05 bits per heavy atom. The van der Waals surface area contributed by atoms with Crippen molar-refractivity contribution in [3.63, 3.8) is 0 Å². The Bertz CT molecular complexity index is 669. The van der Waals surface area contributed by atoms with Crippen LogP contribution in [0.15, 0.2) is 40.4 Å². The number of ether oxygens (including phenoxy) is 1. The van der Waals surface area contributed by atoms with E-state index in [0.717, 1.165) is 36.8 Å². The molecule has 0 saturated heterocycles. The van der Waals surface area contributed by atoms with Gasteiger partial charge in [0.05, 0.1) is 12.8 Å². The van der Waals surface area contributed by atoms with Crippen LogP contribution in [0.5, 0.6) is 5.75 Å². The van der Waals surface area contributed by atoms with E-state index in [1.54, 1.807) is 6.21 Å². The Hall–Kier alpha value is -2.70. The molecule has 116 valence electrons. The highest BCUT2D eigenvalue weighted by Crippen LogP contribution is 2.16. The minimum Gasteiger partial charge on any atom is -0.493 e. The summed E-state index contributed by atoms with van der Waals surface area (Å²) in [6.45, 7) is 2.84. The summed E-state index contributed by atoms with van der Waals surface area (Å²) in [6.07, 6.45) is 6.04. The molecule has 2 rings (SSSR count). The highest BCUT2D eigenvalue weighted by molar-refractivity contribution is 5.83. The van der Waals surface area contributed by atoms with E-state index in [1.807, 2.05) is 24.3 Å². The molecule has 1 heterocycles. The summed E-state index contributed by atoms with van der Waals surface area (Å²) in [7, 11) is 0. The maximum absolute atomic E-state index is 11.1. The number of benzene rings is 1. The number of aromatic amines is 1. The van der Waals surface area contributed by atoms with Crippen LogP contribution in [0.3, 0.4) is 0 Å². The second-order valence-electron chi connectivity index (χ2n) is 4.65. The molecular formula is C15H19N5O2. The molecule has 0 amide bonds. The number of H-pyrrole nitrogens is 1. The van der Waals surface area contributed by atoms with Crippen LogP contribution in [0.2, 0.25) is 0 Å². The number of nitrogens with zero attached hydrogens (tertiary/aromatic N) is 3. The zero-order chi connectivity index (χ0) is 15.6. The smallest absolute Gasteiger partial charge is 0.271 e. The Kier molecular flexibility index (Phi) is 6.10. The molecule has 0 aliphatic heterocycles. The van der Waals surface area contributed by atoms with Crippen molar-refractivity contribution >= 4 is 12.2 Å².